The maximum Gasteiger partial charge on any atom is 0.259 e. The number of nitrogens with zero attached hydrogens (tertiary/aromatic N) is 2. The van der Waals surface area contributed by atoms with Crippen molar-refractivity contribution in [3.63, 3.8) is 0 Å². The van der Waals surface area contributed by atoms with Gasteiger partial charge in [0.1, 0.15) is 16.7 Å². The minimum Gasteiger partial charge on any atom is -0.304 e. The van der Waals surface area contributed by atoms with Crippen LogP contribution in [0, 0.1) is 11.6 Å². The van der Waals surface area contributed by atoms with E-state index in [1.54, 1.807) is 6.07 Å². The first-order valence-corrected chi connectivity index (χ1v) is 7.92. The van der Waals surface area contributed by atoms with E-state index < -0.39 is 17.5 Å². The number of rotatable bonds is 4. The van der Waals surface area contributed by atoms with E-state index >= 15 is 0 Å². The molecule has 0 aliphatic carbocycles. The molecule has 25 heavy (non-hydrogen) atoms. The molecule has 0 spiro atoms. The van der Waals surface area contributed by atoms with Gasteiger partial charge < -0.3 is 5.32 Å². The standard InChI is InChI=1S/C17H11Cl2F2N3O/c18-13-4-2-1-3-10(13)8-24-9-14(19)16(23-24)22-17(25)12-6-5-11(20)7-15(12)21/h1-7,9H,8H2,(H,22,23,25). The van der Waals surface area contributed by atoms with Crippen LogP contribution in [-0.4, -0.2) is 15.7 Å². The minimum atomic E-state index is -0.968. The van der Waals surface area contributed by atoms with Crippen molar-refractivity contribution in [2.24, 2.45) is 0 Å². The minimum absolute atomic E-state index is 0.0717. The van der Waals surface area contributed by atoms with Crippen molar-refractivity contribution < 1.29 is 13.6 Å². The molecule has 8 heteroatoms. The summed E-state index contributed by atoms with van der Waals surface area (Å²) in [7, 11) is 0. The van der Waals surface area contributed by atoms with E-state index in [0.29, 0.717) is 17.6 Å². The molecule has 1 N–H and O–H groups in total. The molecule has 0 unspecified atom stereocenters. The highest BCUT2D eigenvalue weighted by Crippen LogP contribution is 2.23. The first kappa shape index (κ1) is 17.4. The molecule has 1 aromatic heterocycles. The van der Waals surface area contributed by atoms with Gasteiger partial charge in [0.15, 0.2) is 5.82 Å². The molecule has 0 fully saturated rings. The summed E-state index contributed by atoms with van der Waals surface area (Å²) < 4.78 is 28.1. The van der Waals surface area contributed by atoms with Gasteiger partial charge in [0.25, 0.3) is 5.91 Å². The third-order valence-corrected chi connectivity index (χ3v) is 4.06. The molecule has 128 valence electrons. The fraction of sp³-hybridized carbons (Fsp3) is 0.0588. The van der Waals surface area contributed by atoms with Crippen molar-refractivity contribution in [1.29, 1.82) is 0 Å². The van der Waals surface area contributed by atoms with Crippen molar-refractivity contribution in [3.8, 4) is 0 Å². The Labute approximate surface area is 152 Å². The van der Waals surface area contributed by atoms with Crippen molar-refractivity contribution in [1.82, 2.24) is 9.78 Å². The molecule has 0 aliphatic heterocycles. The molecule has 1 heterocycles. The van der Waals surface area contributed by atoms with Gasteiger partial charge in [0.2, 0.25) is 0 Å². The zero-order valence-electron chi connectivity index (χ0n) is 12.6. The Balaban J connectivity index is 1.78. The molecule has 3 aromatic rings. The van der Waals surface area contributed by atoms with E-state index in [1.807, 2.05) is 18.2 Å². The van der Waals surface area contributed by atoms with Crippen LogP contribution < -0.4 is 5.32 Å². The number of carbonyl (C=O) groups is 1. The van der Waals surface area contributed by atoms with Gasteiger partial charge in [-0.15, -0.1) is 0 Å². The number of anilines is 1. The van der Waals surface area contributed by atoms with Gasteiger partial charge in [-0.25, -0.2) is 8.78 Å². The molecule has 1 amide bonds. The van der Waals surface area contributed by atoms with Crippen molar-refractivity contribution in [2.45, 2.75) is 6.54 Å². The quantitative estimate of drug-likeness (QED) is 0.707. The number of nitrogens with one attached hydrogen (secondary N) is 1. The molecule has 2 aromatic carbocycles. The molecule has 0 aliphatic rings. The number of hydrogen-bond acceptors (Lipinski definition) is 2. The van der Waals surface area contributed by atoms with Crippen molar-refractivity contribution >= 4 is 34.9 Å². The molecule has 0 atom stereocenters. The number of hydrogen-bond donors (Lipinski definition) is 1. The molecular formula is C17H11Cl2F2N3O. The summed E-state index contributed by atoms with van der Waals surface area (Å²) in [6.07, 6.45) is 1.52. The van der Waals surface area contributed by atoms with E-state index in [1.165, 1.54) is 10.9 Å². The average Bonchev–Trinajstić information content (AvgIpc) is 2.89. The Morgan fingerprint density at radius 1 is 1.12 bits per heavy atom. The fourth-order valence-corrected chi connectivity index (χ4v) is 2.61. The summed E-state index contributed by atoms with van der Waals surface area (Å²) in [5, 5.41) is 7.33. The summed E-state index contributed by atoms with van der Waals surface area (Å²) in [6, 6.07) is 9.92. The largest absolute Gasteiger partial charge is 0.304 e. The second-order valence-corrected chi connectivity index (χ2v) is 6.01. The van der Waals surface area contributed by atoms with E-state index in [-0.39, 0.29) is 16.4 Å². The highest BCUT2D eigenvalue weighted by Gasteiger charge is 2.16. The van der Waals surface area contributed by atoms with Crippen LogP contribution in [0.15, 0.2) is 48.7 Å². The second-order valence-electron chi connectivity index (χ2n) is 5.19. The lowest BCUT2D eigenvalue weighted by molar-refractivity contribution is 0.102. The van der Waals surface area contributed by atoms with Crippen LogP contribution in [0.4, 0.5) is 14.6 Å². The third kappa shape index (κ3) is 3.97. The smallest absolute Gasteiger partial charge is 0.259 e. The summed E-state index contributed by atoms with van der Waals surface area (Å²) in [5.74, 6) is -2.44. The monoisotopic (exact) mass is 381 g/mol. The zero-order valence-corrected chi connectivity index (χ0v) is 14.2. The van der Waals surface area contributed by atoms with Crippen molar-refractivity contribution in [2.75, 3.05) is 5.32 Å². The molecule has 0 radical (unpaired) electrons. The number of benzene rings is 2. The Morgan fingerprint density at radius 2 is 1.88 bits per heavy atom. The second kappa shape index (κ2) is 7.21. The van der Waals surface area contributed by atoms with Gasteiger partial charge in [0, 0.05) is 17.3 Å². The third-order valence-electron chi connectivity index (χ3n) is 3.41. The lowest BCUT2D eigenvalue weighted by atomic mass is 10.2. The van der Waals surface area contributed by atoms with E-state index in [2.05, 4.69) is 10.4 Å². The van der Waals surface area contributed by atoms with Crippen LogP contribution in [-0.2, 0) is 6.54 Å². The summed E-state index contributed by atoms with van der Waals surface area (Å²) in [5.41, 5.74) is 0.518. The highest BCUT2D eigenvalue weighted by molar-refractivity contribution is 6.33. The van der Waals surface area contributed by atoms with Gasteiger partial charge in [-0.2, -0.15) is 5.10 Å². The first-order chi connectivity index (χ1) is 11.9. The maximum atomic E-state index is 13.7. The summed E-state index contributed by atoms with van der Waals surface area (Å²) in [6.45, 7) is 0.347. The molecular weight excluding hydrogens is 371 g/mol. The van der Waals surface area contributed by atoms with Gasteiger partial charge >= 0.3 is 0 Å². The predicted molar refractivity (Wildman–Crippen MR) is 92.1 cm³/mol. The van der Waals surface area contributed by atoms with Crippen LogP contribution in [0.25, 0.3) is 0 Å². The summed E-state index contributed by atoms with van der Waals surface area (Å²) >= 11 is 12.2. The van der Waals surface area contributed by atoms with E-state index in [4.69, 9.17) is 23.2 Å². The maximum absolute atomic E-state index is 13.7. The Hall–Kier alpha value is -2.44. The van der Waals surface area contributed by atoms with Crippen molar-refractivity contribution in [3.05, 3.63) is 81.5 Å². The van der Waals surface area contributed by atoms with E-state index in [0.717, 1.165) is 17.7 Å². The molecule has 0 saturated heterocycles. The SMILES string of the molecule is O=C(Nc1nn(Cc2ccccc2Cl)cc1Cl)c1ccc(F)cc1F. The highest BCUT2D eigenvalue weighted by atomic mass is 35.5. The molecule has 4 nitrogen and oxygen atoms in total. The predicted octanol–water partition coefficient (Wildman–Crippen LogP) is 4.77. The van der Waals surface area contributed by atoms with Crippen LogP contribution in [0.5, 0.6) is 0 Å². The van der Waals surface area contributed by atoms with Gasteiger partial charge in [-0.3, -0.25) is 9.48 Å². The van der Waals surface area contributed by atoms with E-state index in [9.17, 15) is 13.6 Å². The van der Waals surface area contributed by atoms with Crippen LogP contribution in [0.3, 0.4) is 0 Å². The molecule has 0 saturated carbocycles. The zero-order chi connectivity index (χ0) is 18.0. The number of carbonyl (C=O) groups excluding carboxylic acids is 1. The fourth-order valence-electron chi connectivity index (χ4n) is 2.21. The molecule has 0 bridgehead atoms. The Morgan fingerprint density at radius 3 is 2.60 bits per heavy atom. The Kier molecular flexibility index (Phi) is 5.01. The first-order valence-electron chi connectivity index (χ1n) is 7.17. The Bertz CT molecular complexity index is 943. The van der Waals surface area contributed by atoms with Crippen LogP contribution in [0.1, 0.15) is 15.9 Å². The lowest BCUT2D eigenvalue weighted by Gasteiger charge is -2.05. The van der Waals surface area contributed by atoms with Crippen LogP contribution in [0.2, 0.25) is 10.0 Å². The lowest BCUT2D eigenvalue weighted by Crippen LogP contribution is -2.15. The molecule has 3 rings (SSSR count). The number of aromatic nitrogens is 2. The number of amides is 1. The average molecular weight is 382 g/mol. The summed E-state index contributed by atoms with van der Waals surface area (Å²) in [4.78, 5) is 12.1. The number of halogens is 4. The van der Waals surface area contributed by atoms with Crippen LogP contribution >= 0.6 is 23.2 Å². The topological polar surface area (TPSA) is 46.9 Å². The van der Waals surface area contributed by atoms with Gasteiger partial charge in [-0.1, -0.05) is 41.4 Å². The normalized spacial score (nSPS) is 10.7. The van der Waals surface area contributed by atoms with Gasteiger partial charge in [0.05, 0.1) is 12.1 Å². The van der Waals surface area contributed by atoms with Gasteiger partial charge in [-0.05, 0) is 23.8 Å².